The first kappa shape index (κ1) is 24.6. The number of nitrogens with zero attached hydrogens (tertiary/aromatic N) is 5. The molecule has 10 heteroatoms. The predicted octanol–water partition coefficient (Wildman–Crippen LogP) is 5.48. The third-order valence-corrected chi connectivity index (χ3v) is 6.72. The number of benzene rings is 1. The molecule has 0 saturated carbocycles. The molecule has 1 aliphatic rings. The van der Waals surface area contributed by atoms with Crippen LogP contribution in [0.4, 0.5) is 0 Å². The zero-order valence-electron chi connectivity index (χ0n) is 20.8. The number of aryl methyl sites for hydroxylation is 1. The zero-order valence-corrected chi connectivity index (χ0v) is 22.4. The maximum Gasteiger partial charge on any atom is 0.315 e. The van der Waals surface area contributed by atoms with E-state index in [9.17, 15) is 4.79 Å². The van der Waals surface area contributed by atoms with Gasteiger partial charge < -0.3 is 14.6 Å². The molecular formula is C26H29BrN6O3. The minimum Gasteiger partial charge on any atom is -0.356 e. The SMILES string of the molecule is Cc1cc(-c2nn(C3CCCCO3)c3ncc(Br)cc23)ccc1CNC(=O)c1nc(C(C)(C)C)no1. The third kappa shape index (κ3) is 4.92. The average molecular weight is 553 g/mol. The van der Waals surface area contributed by atoms with E-state index >= 15 is 0 Å². The van der Waals surface area contributed by atoms with Crippen LogP contribution in [-0.4, -0.2) is 37.4 Å². The second-order valence-corrected chi connectivity index (χ2v) is 11.1. The summed E-state index contributed by atoms with van der Waals surface area (Å²) in [5.41, 5.74) is 4.37. The van der Waals surface area contributed by atoms with Crippen molar-refractivity contribution < 1.29 is 14.1 Å². The van der Waals surface area contributed by atoms with Gasteiger partial charge in [0.15, 0.2) is 17.7 Å². The second-order valence-electron chi connectivity index (χ2n) is 10.1. The van der Waals surface area contributed by atoms with Crippen LogP contribution in [0.3, 0.4) is 0 Å². The second kappa shape index (κ2) is 9.74. The van der Waals surface area contributed by atoms with Gasteiger partial charge in [0.25, 0.3) is 0 Å². The summed E-state index contributed by atoms with van der Waals surface area (Å²) >= 11 is 3.55. The number of halogens is 1. The van der Waals surface area contributed by atoms with Gasteiger partial charge >= 0.3 is 11.8 Å². The number of aromatic nitrogens is 5. The van der Waals surface area contributed by atoms with Crippen molar-refractivity contribution in [1.29, 1.82) is 0 Å². The number of hydrogen-bond donors (Lipinski definition) is 1. The number of pyridine rings is 1. The van der Waals surface area contributed by atoms with Crippen molar-refractivity contribution in [3.63, 3.8) is 0 Å². The minimum atomic E-state index is -0.394. The molecule has 9 nitrogen and oxygen atoms in total. The lowest BCUT2D eigenvalue weighted by atomic mass is 9.96. The predicted molar refractivity (Wildman–Crippen MR) is 138 cm³/mol. The summed E-state index contributed by atoms with van der Waals surface area (Å²) in [4.78, 5) is 21.4. The summed E-state index contributed by atoms with van der Waals surface area (Å²) in [6, 6.07) is 8.16. The van der Waals surface area contributed by atoms with Gasteiger partial charge in [0, 0.05) is 40.2 Å². The Kier molecular flexibility index (Phi) is 6.65. The lowest BCUT2D eigenvalue weighted by molar-refractivity contribution is -0.0368. The minimum absolute atomic E-state index is 0.0331. The molecular weight excluding hydrogens is 524 g/mol. The molecule has 188 valence electrons. The number of hydrogen-bond acceptors (Lipinski definition) is 7. The van der Waals surface area contributed by atoms with Crippen molar-refractivity contribution in [2.75, 3.05) is 6.61 Å². The maximum atomic E-state index is 12.5. The Morgan fingerprint density at radius 3 is 2.78 bits per heavy atom. The van der Waals surface area contributed by atoms with Gasteiger partial charge in [-0.1, -0.05) is 38.1 Å². The molecule has 4 heterocycles. The van der Waals surface area contributed by atoms with E-state index in [2.05, 4.69) is 42.4 Å². The summed E-state index contributed by atoms with van der Waals surface area (Å²) in [5.74, 6) is 0.0726. The van der Waals surface area contributed by atoms with E-state index in [4.69, 9.17) is 14.4 Å². The zero-order chi connectivity index (χ0) is 25.4. The van der Waals surface area contributed by atoms with Crippen LogP contribution < -0.4 is 5.32 Å². The molecule has 5 rings (SSSR count). The Balaban J connectivity index is 1.38. The molecule has 0 aliphatic carbocycles. The summed E-state index contributed by atoms with van der Waals surface area (Å²) in [6.45, 7) is 9.00. The summed E-state index contributed by atoms with van der Waals surface area (Å²) in [5, 5.41) is 12.7. The fourth-order valence-electron chi connectivity index (χ4n) is 4.24. The van der Waals surface area contributed by atoms with Crippen molar-refractivity contribution in [3.05, 3.63) is 57.8 Å². The molecule has 1 N–H and O–H groups in total. The van der Waals surface area contributed by atoms with E-state index in [0.29, 0.717) is 12.4 Å². The molecule has 0 bridgehead atoms. The van der Waals surface area contributed by atoms with Gasteiger partial charge in [-0.25, -0.2) is 9.67 Å². The molecule has 1 aliphatic heterocycles. The normalized spacial score (nSPS) is 16.4. The fraction of sp³-hybridized carbons (Fsp3) is 0.423. The molecule has 1 atom stereocenters. The van der Waals surface area contributed by atoms with Crippen molar-refractivity contribution in [3.8, 4) is 11.3 Å². The molecule has 1 saturated heterocycles. The first-order chi connectivity index (χ1) is 17.2. The highest BCUT2D eigenvalue weighted by atomic mass is 79.9. The number of fused-ring (bicyclic) bond motifs is 1. The molecule has 36 heavy (non-hydrogen) atoms. The monoisotopic (exact) mass is 552 g/mol. The molecule has 1 fully saturated rings. The highest BCUT2D eigenvalue weighted by Crippen LogP contribution is 2.34. The first-order valence-electron chi connectivity index (χ1n) is 12.1. The molecule has 1 unspecified atom stereocenters. The van der Waals surface area contributed by atoms with Crippen molar-refractivity contribution in [2.45, 2.75) is 65.1 Å². The van der Waals surface area contributed by atoms with Crippen molar-refractivity contribution in [2.24, 2.45) is 0 Å². The van der Waals surface area contributed by atoms with Gasteiger partial charge in [-0.3, -0.25) is 4.79 Å². The van der Waals surface area contributed by atoms with Crippen LogP contribution in [0, 0.1) is 6.92 Å². The van der Waals surface area contributed by atoms with Crippen molar-refractivity contribution in [1.82, 2.24) is 30.2 Å². The van der Waals surface area contributed by atoms with Gasteiger partial charge in [0.1, 0.15) is 5.69 Å². The van der Waals surface area contributed by atoms with Gasteiger partial charge in [-0.05, 0) is 65.4 Å². The van der Waals surface area contributed by atoms with E-state index in [-0.39, 0.29) is 17.5 Å². The van der Waals surface area contributed by atoms with Crippen LogP contribution in [0.5, 0.6) is 0 Å². The maximum absolute atomic E-state index is 12.5. The van der Waals surface area contributed by atoms with E-state index in [1.165, 1.54) is 0 Å². The number of rotatable bonds is 5. The quantitative estimate of drug-likeness (QED) is 0.349. The molecule has 0 radical (unpaired) electrons. The lowest BCUT2D eigenvalue weighted by Crippen LogP contribution is -2.24. The summed E-state index contributed by atoms with van der Waals surface area (Å²) < 4.78 is 14.0. The Bertz CT molecular complexity index is 1420. The first-order valence-corrected chi connectivity index (χ1v) is 12.9. The largest absolute Gasteiger partial charge is 0.356 e. The summed E-state index contributed by atoms with van der Waals surface area (Å²) in [7, 11) is 0. The van der Waals surface area contributed by atoms with Crippen molar-refractivity contribution >= 4 is 32.9 Å². The Morgan fingerprint density at radius 2 is 2.08 bits per heavy atom. The lowest BCUT2D eigenvalue weighted by Gasteiger charge is -2.23. The van der Waals surface area contributed by atoms with Crippen LogP contribution >= 0.6 is 15.9 Å². The number of ether oxygens (including phenoxy) is 1. The molecule has 0 spiro atoms. The fourth-order valence-corrected chi connectivity index (χ4v) is 4.57. The van der Waals surface area contributed by atoms with E-state index in [1.807, 2.05) is 50.6 Å². The standard InChI is InChI=1S/C26H29BrN6O3/c1-15-11-16(8-9-17(15)13-29-23(34)24-30-25(32-36-24)26(2,3)4)21-19-12-18(27)14-28-22(19)33(31-21)20-7-5-6-10-35-20/h8-9,11-12,14,20H,5-7,10,13H2,1-4H3,(H,29,34). The molecule has 1 aromatic carbocycles. The van der Waals surface area contributed by atoms with E-state index in [1.54, 1.807) is 6.20 Å². The van der Waals surface area contributed by atoms with E-state index < -0.39 is 5.91 Å². The highest BCUT2D eigenvalue weighted by molar-refractivity contribution is 9.10. The van der Waals surface area contributed by atoms with Crippen LogP contribution in [0.1, 0.15) is 73.9 Å². The number of carbonyl (C=O) groups is 1. The van der Waals surface area contributed by atoms with Crippen LogP contribution in [0.2, 0.25) is 0 Å². The highest BCUT2D eigenvalue weighted by Gasteiger charge is 2.25. The van der Waals surface area contributed by atoms with Gasteiger partial charge in [0.2, 0.25) is 0 Å². The smallest absolute Gasteiger partial charge is 0.315 e. The molecule has 4 aromatic rings. The van der Waals surface area contributed by atoms with Crippen LogP contribution in [0.25, 0.3) is 22.3 Å². The molecule has 1 amide bonds. The third-order valence-electron chi connectivity index (χ3n) is 6.29. The summed E-state index contributed by atoms with van der Waals surface area (Å²) in [6.07, 6.45) is 4.78. The Morgan fingerprint density at radius 1 is 1.25 bits per heavy atom. The van der Waals surface area contributed by atoms with Gasteiger partial charge in [-0.2, -0.15) is 10.1 Å². The van der Waals surface area contributed by atoms with Crippen LogP contribution in [-0.2, 0) is 16.7 Å². The van der Waals surface area contributed by atoms with Gasteiger partial charge in [0.05, 0.1) is 0 Å². The number of carbonyl (C=O) groups excluding carboxylic acids is 1. The average Bonchev–Trinajstić information content (AvgIpc) is 3.49. The van der Waals surface area contributed by atoms with Crippen LogP contribution in [0.15, 0.2) is 39.5 Å². The topological polar surface area (TPSA) is 108 Å². The Labute approximate surface area is 217 Å². The van der Waals surface area contributed by atoms with E-state index in [0.717, 1.165) is 63.8 Å². The van der Waals surface area contributed by atoms with Gasteiger partial charge in [-0.15, -0.1) is 0 Å². The Hall–Kier alpha value is -3.11. The number of nitrogens with one attached hydrogen (secondary N) is 1. The number of amides is 1. The molecule has 3 aromatic heterocycles.